The maximum Gasteiger partial charge on any atom is 0.291 e. The molecule has 190 valence electrons. The van der Waals surface area contributed by atoms with Crippen molar-refractivity contribution in [2.24, 2.45) is 5.92 Å². The lowest BCUT2D eigenvalue weighted by Gasteiger charge is -2.12. The Balaban J connectivity index is 1.67. The van der Waals surface area contributed by atoms with Crippen molar-refractivity contribution in [3.8, 4) is 40.1 Å². The van der Waals surface area contributed by atoms with Crippen LogP contribution in [0.25, 0.3) is 22.4 Å². The number of thiazole rings is 1. The molecule has 2 heterocycles. The lowest BCUT2D eigenvalue weighted by atomic mass is 10.1. The highest BCUT2D eigenvalue weighted by Gasteiger charge is 2.18. The number of benzene rings is 2. The first kappa shape index (κ1) is 25.3. The number of hydrogen-bond acceptors (Lipinski definition) is 9. The highest BCUT2D eigenvalue weighted by atomic mass is 32.1. The fraction of sp³-hybridized carbons (Fsp3) is 0.346. The summed E-state index contributed by atoms with van der Waals surface area (Å²) in [6.07, 6.45) is 2.75. The van der Waals surface area contributed by atoms with Gasteiger partial charge in [0.25, 0.3) is 5.56 Å². The number of methoxy groups -OCH3 is 4. The van der Waals surface area contributed by atoms with Gasteiger partial charge in [-0.1, -0.05) is 31.3 Å². The van der Waals surface area contributed by atoms with Gasteiger partial charge in [0.1, 0.15) is 0 Å². The molecule has 10 heteroatoms. The molecule has 0 atom stereocenters. The van der Waals surface area contributed by atoms with Gasteiger partial charge in [-0.25, -0.2) is 0 Å². The first-order valence-electron chi connectivity index (χ1n) is 11.4. The van der Waals surface area contributed by atoms with Crippen molar-refractivity contribution in [2.75, 3.05) is 35.0 Å². The summed E-state index contributed by atoms with van der Waals surface area (Å²) in [6, 6.07) is 9.09. The molecule has 0 fully saturated rings. The topological polar surface area (TPSA) is 93.4 Å². The molecule has 0 saturated heterocycles. The number of fused-ring (bicyclic) bond motifs is 1. The fourth-order valence-electron chi connectivity index (χ4n) is 3.62. The Hall–Kier alpha value is -3.79. The standard InChI is InChI=1S/C26H29N3O6S/c1-15(2)9-10-35-18-8-7-16(11-19(18)31-3)12-22-25(30)29-26(36-22)27-24(28-29)17-13-20(32-4)23(34-6)21(14-17)33-5/h7-8,11-15H,9-10H2,1-6H3/b22-12-. The van der Waals surface area contributed by atoms with Gasteiger partial charge in [0, 0.05) is 5.56 Å². The van der Waals surface area contributed by atoms with E-state index in [4.69, 9.17) is 23.7 Å². The molecule has 0 bridgehead atoms. The minimum atomic E-state index is -0.252. The molecule has 0 aliphatic rings. The van der Waals surface area contributed by atoms with Crippen LogP contribution in [0.3, 0.4) is 0 Å². The molecular formula is C26H29N3O6S. The van der Waals surface area contributed by atoms with Gasteiger partial charge >= 0.3 is 0 Å². The molecule has 0 spiro atoms. The van der Waals surface area contributed by atoms with Gasteiger partial charge in [-0.3, -0.25) is 4.79 Å². The van der Waals surface area contributed by atoms with Crippen molar-refractivity contribution in [3.05, 3.63) is 50.8 Å². The molecular weight excluding hydrogens is 482 g/mol. The molecule has 2 aromatic heterocycles. The zero-order valence-electron chi connectivity index (χ0n) is 21.2. The smallest absolute Gasteiger partial charge is 0.291 e. The van der Waals surface area contributed by atoms with E-state index in [2.05, 4.69) is 23.9 Å². The second-order valence-electron chi connectivity index (χ2n) is 8.40. The van der Waals surface area contributed by atoms with Crippen molar-refractivity contribution in [1.82, 2.24) is 14.6 Å². The summed E-state index contributed by atoms with van der Waals surface area (Å²) in [5, 5.41) is 4.43. The largest absolute Gasteiger partial charge is 0.493 e. The van der Waals surface area contributed by atoms with Crippen molar-refractivity contribution >= 4 is 22.4 Å². The average Bonchev–Trinajstić information content (AvgIpc) is 3.42. The summed E-state index contributed by atoms with van der Waals surface area (Å²) in [5.74, 6) is 3.66. The second-order valence-corrected chi connectivity index (χ2v) is 9.41. The van der Waals surface area contributed by atoms with Crippen LogP contribution in [-0.4, -0.2) is 49.6 Å². The number of hydrogen-bond donors (Lipinski definition) is 0. The zero-order valence-corrected chi connectivity index (χ0v) is 22.0. The quantitative estimate of drug-likeness (QED) is 0.317. The minimum Gasteiger partial charge on any atom is -0.493 e. The summed E-state index contributed by atoms with van der Waals surface area (Å²) in [7, 11) is 6.21. The molecule has 36 heavy (non-hydrogen) atoms. The molecule has 9 nitrogen and oxygen atoms in total. The fourth-order valence-corrected chi connectivity index (χ4v) is 4.52. The third-order valence-electron chi connectivity index (χ3n) is 5.54. The minimum absolute atomic E-state index is 0.252. The Morgan fingerprint density at radius 2 is 1.64 bits per heavy atom. The van der Waals surface area contributed by atoms with E-state index >= 15 is 0 Å². The Morgan fingerprint density at radius 1 is 0.944 bits per heavy atom. The molecule has 0 aliphatic heterocycles. The maximum absolute atomic E-state index is 13.1. The van der Waals surface area contributed by atoms with Crippen molar-refractivity contribution in [3.63, 3.8) is 0 Å². The van der Waals surface area contributed by atoms with Crippen LogP contribution in [0.2, 0.25) is 0 Å². The zero-order chi connectivity index (χ0) is 25.8. The van der Waals surface area contributed by atoms with Crippen LogP contribution in [0, 0.1) is 5.92 Å². The van der Waals surface area contributed by atoms with Crippen LogP contribution in [0.15, 0.2) is 35.1 Å². The van der Waals surface area contributed by atoms with Crippen LogP contribution in [-0.2, 0) is 0 Å². The van der Waals surface area contributed by atoms with E-state index in [1.807, 2.05) is 18.2 Å². The van der Waals surface area contributed by atoms with E-state index in [0.717, 1.165) is 12.0 Å². The van der Waals surface area contributed by atoms with Gasteiger partial charge in [0.2, 0.25) is 10.7 Å². The Labute approximate surface area is 212 Å². The van der Waals surface area contributed by atoms with Crippen LogP contribution in [0.4, 0.5) is 0 Å². The summed E-state index contributed by atoms with van der Waals surface area (Å²) in [4.78, 5) is 18.1. The Bertz CT molecular complexity index is 1450. The molecule has 4 rings (SSSR count). The highest BCUT2D eigenvalue weighted by molar-refractivity contribution is 7.15. The van der Waals surface area contributed by atoms with E-state index < -0.39 is 0 Å². The summed E-state index contributed by atoms with van der Waals surface area (Å²) >= 11 is 1.26. The second kappa shape index (κ2) is 10.9. The van der Waals surface area contributed by atoms with E-state index in [0.29, 0.717) is 62.2 Å². The molecule has 0 aliphatic carbocycles. The van der Waals surface area contributed by atoms with Crippen LogP contribution in [0.5, 0.6) is 28.7 Å². The molecule has 4 aromatic rings. The summed E-state index contributed by atoms with van der Waals surface area (Å²) in [5.41, 5.74) is 1.20. The molecule has 0 amide bonds. The van der Waals surface area contributed by atoms with E-state index in [1.54, 1.807) is 25.3 Å². The van der Waals surface area contributed by atoms with E-state index in [1.165, 1.54) is 37.2 Å². The van der Waals surface area contributed by atoms with Gasteiger partial charge in [-0.05, 0) is 48.2 Å². The lowest BCUT2D eigenvalue weighted by Crippen LogP contribution is -2.23. The van der Waals surface area contributed by atoms with Crippen LogP contribution < -0.4 is 33.8 Å². The number of ether oxygens (including phenoxy) is 5. The summed E-state index contributed by atoms with van der Waals surface area (Å²) in [6.45, 7) is 4.92. The van der Waals surface area contributed by atoms with Crippen LogP contribution >= 0.6 is 11.3 Å². The SMILES string of the molecule is COc1cc(/C=c2\sc3nc(-c4cc(OC)c(OC)c(OC)c4)nn3c2=O)ccc1OCCC(C)C. The molecule has 0 radical (unpaired) electrons. The Morgan fingerprint density at radius 3 is 2.22 bits per heavy atom. The predicted octanol–water partition coefficient (Wildman–Crippen LogP) is 3.83. The summed E-state index contributed by atoms with van der Waals surface area (Å²) < 4.78 is 29.4. The van der Waals surface area contributed by atoms with Crippen molar-refractivity contribution in [1.29, 1.82) is 0 Å². The number of nitrogens with zero attached hydrogens (tertiary/aromatic N) is 3. The number of rotatable bonds is 10. The first-order chi connectivity index (χ1) is 17.4. The van der Waals surface area contributed by atoms with Gasteiger partial charge in [0.05, 0.1) is 39.6 Å². The molecule has 0 N–H and O–H groups in total. The van der Waals surface area contributed by atoms with E-state index in [-0.39, 0.29) is 5.56 Å². The molecule has 0 saturated carbocycles. The molecule has 2 aromatic carbocycles. The third-order valence-corrected chi connectivity index (χ3v) is 6.50. The highest BCUT2D eigenvalue weighted by Crippen LogP contribution is 2.40. The lowest BCUT2D eigenvalue weighted by molar-refractivity contribution is 0.273. The van der Waals surface area contributed by atoms with Gasteiger partial charge in [-0.2, -0.15) is 9.50 Å². The number of aromatic nitrogens is 3. The maximum atomic E-state index is 13.1. The predicted molar refractivity (Wildman–Crippen MR) is 139 cm³/mol. The first-order valence-corrected chi connectivity index (χ1v) is 12.2. The van der Waals surface area contributed by atoms with E-state index in [9.17, 15) is 4.79 Å². The molecule has 0 unspecified atom stereocenters. The third kappa shape index (κ3) is 5.08. The van der Waals surface area contributed by atoms with Crippen molar-refractivity contribution in [2.45, 2.75) is 20.3 Å². The van der Waals surface area contributed by atoms with Crippen molar-refractivity contribution < 1.29 is 23.7 Å². The van der Waals surface area contributed by atoms with Gasteiger partial charge in [-0.15, -0.1) is 5.10 Å². The van der Waals surface area contributed by atoms with Gasteiger partial charge < -0.3 is 23.7 Å². The normalized spacial score (nSPS) is 11.8. The monoisotopic (exact) mass is 511 g/mol. The van der Waals surface area contributed by atoms with Crippen LogP contribution in [0.1, 0.15) is 25.8 Å². The average molecular weight is 512 g/mol. The van der Waals surface area contributed by atoms with Gasteiger partial charge in [0.15, 0.2) is 28.8 Å². The Kier molecular flexibility index (Phi) is 7.64.